The molecule has 1 heterocycles. The van der Waals surface area contributed by atoms with E-state index in [4.69, 9.17) is 16.3 Å². The van der Waals surface area contributed by atoms with Crippen LogP contribution in [0.3, 0.4) is 0 Å². The van der Waals surface area contributed by atoms with Gasteiger partial charge in [-0.25, -0.2) is 0 Å². The Morgan fingerprint density at radius 3 is 2.36 bits per heavy atom. The van der Waals surface area contributed by atoms with Gasteiger partial charge in [0.05, 0.1) is 23.5 Å². The van der Waals surface area contributed by atoms with Crippen molar-refractivity contribution in [2.24, 2.45) is 0 Å². The maximum absolute atomic E-state index is 13.7. The number of benzene rings is 3. The molecule has 1 aliphatic carbocycles. The van der Waals surface area contributed by atoms with Gasteiger partial charge in [-0.1, -0.05) is 54.1 Å². The van der Waals surface area contributed by atoms with Crippen LogP contribution in [0.25, 0.3) is 0 Å². The molecule has 0 aromatic heterocycles. The number of rotatable bonds is 4. The molecular weight excluding hydrogens is 432 g/mol. The summed E-state index contributed by atoms with van der Waals surface area (Å²) in [5.74, 6) is 1.05. The van der Waals surface area contributed by atoms with E-state index < -0.39 is 0 Å². The quantitative estimate of drug-likeness (QED) is 0.437. The molecule has 3 aromatic carbocycles. The molecule has 0 fully saturated rings. The molecule has 0 bridgehead atoms. The number of ether oxygens (including phenoxy) is 1. The van der Waals surface area contributed by atoms with E-state index in [0.717, 1.165) is 45.9 Å². The van der Waals surface area contributed by atoms with Crippen molar-refractivity contribution in [1.29, 1.82) is 0 Å². The number of nitrogens with one attached hydrogen (secondary N) is 2. The highest BCUT2D eigenvalue weighted by Crippen LogP contribution is 2.45. The van der Waals surface area contributed by atoms with Gasteiger partial charge in [-0.15, -0.1) is 0 Å². The highest BCUT2D eigenvalue weighted by molar-refractivity contribution is 6.30. The van der Waals surface area contributed by atoms with Crippen LogP contribution in [0.2, 0.25) is 5.02 Å². The third-order valence-electron chi connectivity index (χ3n) is 6.24. The van der Waals surface area contributed by atoms with E-state index >= 15 is 0 Å². The van der Waals surface area contributed by atoms with Gasteiger partial charge in [0.15, 0.2) is 5.78 Å². The van der Waals surface area contributed by atoms with E-state index in [1.807, 2.05) is 86.6 Å². The van der Waals surface area contributed by atoms with Crippen LogP contribution in [0, 0.1) is 0 Å². The summed E-state index contributed by atoms with van der Waals surface area (Å²) in [7, 11) is 0. The minimum absolute atomic E-state index is 0.0344. The Kier molecular flexibility index (Phi) is 5.86. The largest absolute Gasteiger partial charge is 0.491 e. The van der Waals surface area contributed by atoms with Gasteiger partial charge in [0.1, 0.15) is 5.75 Å². The third-order valence-corrected chi connectivity index (χ3v) is 6.50. The maximum atomic E-state index is 13.7. The number of carbonyl (C=O) groups excluding carboxylic acids is 1. The standard InChI is InChI=1S/C28H27ClN2O2/c1-17(2)33-26-10-6-3-7-21(26)28-27-24(30-22-8-4-5-9-23(22)31-28)15-19(16-25(27)32)18-11-13-20(29)14-12-18/h3-14,17,19,28,30-31H,15-16H2,1-2H3/t19-,28+/m1/s1. The molecule has 3 aromatic rings. The second kappa shape index (κ2) is 8.95. The third kappa shape index (κ3) is 4.36. The number of anilines is 2. The Hall–Kier alpha value is -3.24. The highest BCUT2D eigenvalue weighted by Gasteiger charge is 2.37. The van der Waals surface area contributed by atoms with Crippen LogP contribution < -0.4 is 15.4 Å². The summed E-state index contributed by atoms with van der Waals surface area (Å²) >= 11 is 6.10. The van der Waals surface area contributed by atoms with Crippen molar-refractivity contribution in [3.05, 3.63) is 100 Å². The molecule has 2 N–H and O–H groups in total. The topological polar surface area (TPSA) is 50.4 Å². The van der Waals surface area contributed by atoms with E-state index in [9.17, 15) is 4.79 Å². The fraction of sp³-hybridized carbons (Fsp3) is 0.250. The molecule has 0 radical (unpaired) electrons. The summed E-state index contributed by atoms with van der Waals surface area (Å²) < 4.78 is 6.14. The number of para-hydroxylation sites is 3. The van der Waals surface area contributed by atoms with Gasteiger partial charge in [0, 0.05) is 28.3 Å². The zero-order chi connectivity index (χ0) is 22.9. The summed E-state index contributed by atoms with van der Waals surface area (Å²) in [5.41, 5.74) is 5.79. The van der Waals surface area contributed by atoms with Crippen LogP contribution in [-0.4, -0.2) is 11.9 Å². The molecule has 1 aliphatic heterocycles. The molecule has 33 heavy (non-hydrogen) atoms. The number of Topliss-reactive ketones (excluding diaryl/α,β-unsaturated/α-hetero) is 1. The van der Waals surface area contributed by atoms with Crippen LogP contribution in [0.5, 0.6) is 5.75 Å². The second-order valence-corrected chi connectivity index (χ2v) is 9.36. The molecule has 5 rings (SSSR count). The average molecular weight is 459 g/mol. The van der Waals surface area contributed by atoms with Gasteiger partial charge < -0.3 is 15.4 Å². The van der Waals surface area contributed by atoms with Crippen molar-refractivity contribution in [2.75, 3.05) is 10.6 Å². The summed E-state index contributed by atoms with van der Waals surface area (Å²) in [5, 5.41) is 7.94. The van der Waals surface area contributed by atoms with E-state index in [1.165, 1.54) is 0 Å². The predicted molar refractivity (Wildman–Crippen MR) is 134 cm³/mol. The number of ketones is 1. The SMILES string of the molecule is CC(C)Oc1ccccc1[C@@H]1Nc2ccccc2NC2=C1C(=O)C[C@H](c1ccc(Cl)cc1)C2. The minimum atomic E-state index is -0.301. The molecule has 0 spiro atoms. The minimum Gasteiger partial charge on any atom is -0.491 e. The first-order chi connectivity index (χ1) is 16.0. The second-order valence-electron chi connectivity index (χ2n) is 8.92. The Labute approximate surface area is 199 Å². The Morgan fingerprint density at radius 2 is 1.61 bits per heavy atom. The summed E-state index contributed by atoms with van der Waals surface area (Å²) in [6, 6.07) is 23.6. The summed E-state index contributed by atoms with van der Waals surface area (Å²) in [6.45, 7) is 4.03. The van der Waals surface area contributed by atoms with Crippen molar-refractivity contribution in [2.45, 2.75) is 44.8 Å². The van der Waals surface area contributed by atoms with Gasteiger partial charge in [-0.05, 0) is 62.1 Å². The molecule has 0 unspecified atom stereocenters. The van der Waals surface area contributed by atoms with Crippen LogP contribution in [0.1, 0.15) is 49.8 Å². The zero-order valence-corrected chi connectivity index (χ0v) is 19.5. The van der Waals surface area contributed by atoms with Gasteiger partial charge in [-0.2, -0.15) is 0 Å². The molecule has 2 aliphatic rings. The molecule has 5 heteroatoms. The van der Waals surface area contributed by atoms with Crippen LogP contribution in [0.15, 0.2) is 84.1 Å². The van der Waals surface area contributed by atoms with Crippen LogP contribution in [0.4, 0.5) is 11.4 Å². The smallest absolute Gasteiger partial charge is 0.163 e. The van der Waals surface area contributed by atoms with E-state index in [-0.39, 0.29) is 23.8 Å². The Balaban J connectivity index is 1.61. The molecule has 2 atom stereocenters. The maximum Gasteiger partial charge on any atom is 0.163 e. The number of hydrogen-bond acceptors (Lipinski definition) is 4. The Morgan fingerprint density at radius 1 is 0.909 bits per heavy atom. The molecule has 4 nitrogen and oxygen atoms in total. The molecule has 0 saturated heterocycles. The predicted octanol–water partition coefficient (Wildman–Crippen LogP) is 7.11. The van der Waals surface area contributed by atoms with E-state index in [0.29, 0.717) is 11.4 Å². The lowest BCUT2D eigenvalue weighted by molar-refractivity contribution is -0.116. The fourth-order valence-electron chi connectivity index (χ4n) is 4.78. The monoisotopic (exact) mass is 458 g/mol. The summed E-state index contributed by atoms with van der Waals surface area (Å²) in [6.07, 6.45) is 1.25. The first kappa shape index (κ1) is 21.6. The van der Waals surface area contributed by atoms with Gasteiger partial charge in [0.25, 0.3) is 0 Å². The normalized spacial score (nSPS) is 19.8. The van der Waals surface area contributed by atoms with Crippen molar-refractivity contribution in [3.63, 3.8) is 0 Å². The van der Waals surface area contributed by atoms with Gasteiger partial charge in [-0.3, -0.25) is 4.79 Å². The summed E-state index contributed by atoms with van der Waals surface area (Å²) in [4.78, 5) is 13.7. The molecular formula is C28H27ClN2O2. The number of hydrogen-bond donors (Lipinski definition) is 2. The highest BCUT2D eigenvalue weighted by atomic mass is 35.5. The number of fused-ring (bicyclic) bond motifs is 1. The zero-order valence-electron chi connectivity index (χ0n) is 18.8. The van der Waals surface area contributed by atoms with Crippen molar-refractivity contribution < 1.29 is 9.53 Å². The van der Waals surface area contributed by atoms with Gasteiger partial charge >= 0.3 is 0 Å². The number of allylic oxidation sites excluding steroid dienone is 1. The van der Waals surface area contributed by atoms with Crippen molar-refractivity contribution >= 4 is 28.8 Å². The molecule has 0 saturated carbocycles. The van der Waals surface area contributed by atoms with Crippen molar-refractivity contribution in [3.8, 4) is 5.75 Å². The van der Waals surface area contributed by atoms with Crippen LogP contribution in [-0.2, 0) is 4.79 Å². The van der Waals surface area contributed by atoms with Crippen LogP contribution >= 0.6 is 11.6 Å². The first-order valence-corrected chi connectivity index (χ1v) is 11.8. The lowest BCUT2D eigenvalue weighted by atomic mass is 9.78. The van der Waals surface area contributed by atoms with Gasteiger partial charge in [0.2, 0.25) is 0 Å². The van der Waals surface area contributed by atoms with Crippen molar-refractivity contribution in [1.82, 2.24) is 0 Å². The van der Waals surface area contributed by atoms with E-state index in [2.05, 4.69) is 10.6 Å². The molecule has 0 amide bonds. The van der Waals surface area contributed by atoms with E-state index in [1.54, 1.807) is 0 Å². The average Bonchev–Trinajstić information content (AvgIpc) is 2.96. The lowest BCUT2D eigenvalue weighted by Crippen LogP contribution is -2.27. The molecule has 168 valence electrons. The lowest BCUT2D eigenvalue weighted by Gasteiger charge is -2.30. The number of carbonyl (C=O) groups is 1. The first-order valence-electron chi connectivity index (χ1n) is 11.4. The Bertz CT molecular complexity index is 1220. The fourth-order valence-corrected chi connectivity index (χ4v) is 4.90. The number of halogens is 1.